The van der Waals surface area contributed by atoms with Gasteiger partial charge >= 0.3 is 0 Å². The average molecular weight is 273 g/mol. The molecule has 5 heteroatoms. The molecule has 20 heavy (non-hydrogen) atoms. The summed E-state index contributed by atoms with van der Waals surface area (Å²) < 4.78 is 11.2. The summed E-state index contributed by atoms with van der Waals surface area (Å²) in [6, 6.07) is 5.92. The Bertz CT molecular complexity index is 600. The summed E-state index contributed by atoms with van der Waals surface area (Å²) >= 11 is 0. The Labute approximate surface area is 118 Å². The highest BCUT2D eigenvalue weighted by atomic mass is 16.5. The van der Waals surface area contributed by atoms with Gasteiger partial charge in [-0.3, -0.25) is 0 Å². The third kappa shape index (κ3) is 3.17. The Hall–Kier alpha value is -2.30. The molecule has 0 fully saturated rings. The smallest absolute Gasteiger partial charge is 0.249 e. The molecule has 2 aromatic rings. The molecule has 0 saturated heterocycles. The first-order valence-corrected chi connectivity index (χ1v) is 6.60. The predicted octanol–water partition coefficient (Wildman–Crippen LogP) is 3.26. The van der Waals surface area contributed by atoms with Crippen molar-refractivity contribution in [1.29, 1.82) is 0 Å². The van der Waals surface area contributed by atoms with Crippen LogP contribution >= 0.6 is 0 Å². The van der Waals surface area contributed by atoms with Crippen LogP contribution in [0.15, 0.2) is 24.5 Å². The van der Waals surface area contributed by atoms with Crippen molar-refractivity contribution in [2.75, 3.05) is 12.3 Å². The van der Waals surface area contributed by atoms with Crippen LogP contribution in [-0.2, 0) is 0 Å². The van der Waals surface area contributed by atoms with E-state index in [1.54, 1.807) is 0 Å². The van der Waals surface area contributed by atoms with E-state index in [2.05, 4.69) is 9.97 Å². The SMILES string of the molecule is CCCOc1ncnc(Oc2ccc(C)cc2C)c1N. The van der Waals surface area contributed by atoms with Gasteiger partial charge in [-0.1, -0.05) is 24.6 Å². The van der Waals surface area contributed by atoms with Crippen LogP contribution in [-0.4, -0.2) is 16.6 Å². The number of ether oxygens (including phenoxy) is 2. The van der Waals surface area contributed by atoms with Gasteiger partial charge in [-0.2, -0.15) is 9.97 Å². The Morgan fingerprint density at radius 1 is 1.15 bits per heavy atom. The summed E-state index contributed by atoms with van der Waals surface area (Å²) in [5.41, 5.74) is 8.50. The third-order valence-corrected chi connectivity index (χ3v) is 2.79. The zero-order chi connectivity index (χ0) is 14.5. The summed E-state index contributed by atoms with van der Waals surface area (Å²) in [7, 11) is 0. The van der Waals surface area contributed by atoms with Gasteiger partial charge in [0.2, 0.25) is 11.8 Å². The van der Waals surface area contributed by atoms with E-state index in [0.717, 1.165) is 17.7 Å². The van der Waals surface area contributed by atoms with E-state index >= 15 is 0 Å². The highest BCUT2D eigenvalue weighted by Crippen LogP contribution is 2.32. The van der Waals surface area contributed by atoms with Gasteiger partial charge in [0, 0.05) is 0 Å². The molecular formula is C15H19N3O2. The lowest BCUT2D eigenvalue weighted by atomic mass is 10.1. The number of hydrogen-bond donors (Lipinski definition) is 1. The molecule has 0 unspecified atom stereocenters. The molecule has 0 atom stereocenters. The molecule has 5 nitrogen and oxygen atoms in total. The molecule has 1 heterocycles. The summed E-state index contributed by atoms with van der Waals surface area (Å²) in [5.74, 6) is 1.40. The van der Waals surface area contributed by atoms with Crippen molar-refractivity contribution in [3.05, 3.63) is 35.7 Å². The Morgan fingerprint density at radius 2 is 1.90 bits per heavy atom. The second-order valence-electron chi connectivity index (χ2n) is 4.62. The second kappa shape index (κ2) is 6.23. The topological polar surface area (TPSA) is 70.3 Å². The van der Waals surface area contributed by atoms with Crippen LogP contribution in [0.1, 0.15) is 24.5 Å². The lowest BCUT2D eigenvalue weighted by molar-refractivity contribution is 0.304. The normalized spacial score (nSPS) is 10.3. The van der Waals surface area contributed by atoms with E-state index in [4.69, 9.17) is 15.2 Å². The molecule has 0 aliphatic carbocycles. The molecule has 0 spiro atoms. The minimum Gasteiger partial charge on any atom is -0.476 e. The number of benzene rings is 1. The number of rotatable bonds is 5. The van der Waals surface area contributed by atoms with Gasteiger partial charge in [0.1, 0.15) is 12.1 Å². The number of anilines is 1. The summed E-state index contributed by atoms with van der Waals surface area (Å²) in [5, 5.41) is 0. The van der Waals surface area contributed by atoms with E-state index < -0.39 is 0 Å². The molecule has 0 bridgehead atoms. The van der Waals surface area contributed by atoms with Gasteiger partial charge in [-0.05, 0) is 31.9 Å². The van der Waals surface area contributed by atoms with Gasteiger partial charge in [0.25, 0.3) is 0 Å². The fourth-order valence-corrected chi connectivity index (χ4v) is 1.78. The maximum Gasteiger partial charge on any atom is 0.249 e. The molecule has 0 radical (unpaired) electrons. The average Bonchev–Trinajstić information content (AvgIpc) is 2.42. The summed E-state index contributed by atoms with van der Waals surface area (Å²) in [6.45, 7) is 6.59. The number of aryl methyl sites for hydroxylation is 2. The molecule has 1 aromatic heterocycles. The molecule has 0 aliphatic heterocycles. The van der Waals surface area contributed by atoms with Crippen LogP contribution in [0.4, 0.5) is 5.69 Å². The molecular weight excluding hydrogens is 254 g/mol. The predicted molar refractivity (Wildman–Crippen MR) is 78.2 cm³/mol. The van der Waals surface area contributed by atoms with Crippen LogP contribution in [0, 0.1) is 13.8 Å². The molecule has 106 valence electrons. The van der Waals surface area contributed by atoms with E-state index in [-0.39, 0.29) is 0 Å². The molecule has 0 amide bonds. The third-order valence-electron chi connectivity index (χ3n) is 2.79. The van der Waals surface area contributed by atoms with Crippen LogP contribution in [0.3, 0.4) is 0 Å². The quantitative estimate of drug-likeness (QED) is 0.905. The van der Waals surface area contributed by atoms with Crippen LogP contribution in [0.2, 0.25) is 0 Å². The van der Waals surface area contributed by atoms with Crippen molar-refractivity contribution >= 4 is 5.69 Å². The first-order chi connectivity index (χ1) is 9.61. The van der Waals surface area contributed by atoms with Gasteiger partial charge in [-0.25, -0.2) is 0 Å². The van der Waals surface area contributed by atoms with E-state index in [9.17, 15) is 0 Å². The maximum absolute atomic E-state index is 5.98. The van der Waals surface area contributed by atoms with Crippen LogP contribution < -0.4 is 15.2 Å². The fourth-order valence-electron chi connectivity index (χ4n) is 1.78. The molecule has 2 rings (SSSR count). The highest BCUT2D eigenvalue weighted by Gasteiger charge is 2.12. The number of nitrogens with zero attached hydrogens (tertiary/aromatic N) is 2. The summed E-state index contributed by atoms with van der Waals surface area (Å²) in [6.07, 6.45) is 2.27. The molecule has 2 N–H and O–H groups in total. The lowest BCUT2D eigenvalue weighted by Crippen LogP contribution is -2.04. The Morgan fingerprint density at radius 3 is 2.60 bits per heavy atom. The van der Waals surface area contributed by atoms with Gasteiger partial charge in [-0.15, -0.1) is 0 Å². The monoisotopic (exact) mass is 273 g/mol. The summed E-state index contributed by atoms with van der Waals surface area (Å²) in [4.78, 5) is 8.08. The number of hydrogen-bond acceptors (Lipinski definition) is 5. The van der Waals surface area contributed by atoms with Gasteiger partial charge in [0.05, 0.1) is 6.61 Å². The standard InChI is InChI=1S/C15H19N3O2/c1-4-7-19-14-13(16)15(18-9-17-14)20-12-6-5-10(2)8-11(12)3/h5-6,8-9H,4,7,16H2,1-3H3. The van der Waals surface area contributed by atoms with Crippen molar-refractivity contribution in [3.63, 3.8) is 0 Å². The van der Waals surface area contributed by atoms with E-state index in [1.807, 2.05) is 39.0 Å². The molecule has 0 saturated carbocycles. The zero-order valence-corrected chi connectivity index (χ0v) is 12.0. The molecule has 1 aromatic carbocycles. The lowest BCUT2D eigenvalue weighted by Gasteiger charge is -2.12. The minimum absolute atomic E-state index is 0.318. The van der Waals surface area contributed by atoms with Crippen LogP contribution in [0.25, 0.3) is 0 Å². The van der Waals surface area contributed by atoms with Crippen LogP contribution in [0.5, 0.6) is 17.5 Å². The molecule has 0 aliphatic rings. The van der Waals surface area contributed by atoms with E-state index in [0.29, 0.717) is 24.1 Å². The number of nitrogens with two attached hydrogens (primary N) is 1. The van der Waals surface area contributed by atoms with Gasteiger partial charge in [0.15, 0.2) is 5.69 Å². The minimum atomic E-state index is 0.318. The number of aromatic nitrogens is 2. The van der Waals surface area contributed by atoms with Crippen molar-refractivity contribution in [1.82, 2.24) is 9.97 Å². The number of nitrogen functional groups attached to an aromatic ring is 1. The van der Waals surface area contributed by atoms with Crippen molar-refractivity contribution in [2.45, 2.75) is 27.2 Å². The first kappa shape index (κ1) is 14.1. The largest absolute Gasteiger partial charge is 0.476 e. The first-order valence-electron chi connectivity index (χ1n) is 6.60. The van der Waals surface area contributed by atoms with Crippen molar-refractivity contribution in [3.8, 4) is 17.5 Å². The van der Waals surface area contributed by atoms with E-state index in [1.165, 1.54) is 11.9 Å². The second-order valence-corrected chi connectivity index (χ2v) is 4.62. The zero-order valence-electron chi connectivity index (χ0n) is 12.0. The van der Waals surface area contributed by atoms with Crippen molar-refractivity contribution < 1.29 is 9.47 Å². The van der Waals surface area contributed by atoms with Gasteiger partial charge < -0.3 is 15.2 Å². The maximum atomic E-state index is 5.98. The van der Waals surface area contributed by atoms with Crippen molar-refractivity contribution in [2.24, 2.45) is 0 Å². The Kier molecular flexibility index (Phi) is 4.40. The highest BCUT2D eigenvalue weighted by molar-refractivity contribution is 5.57. The fraction of sp³-hybridized carbons (Fsp3) is 0.333. The Balaban J connectivity index is 2.24.